The van der Waals surface area contributed by atoms with Gasteiger partial charge in [0.1, 0.15) is 0 Å². The molecule has 2 aliphatic rings. The highest BCUT2D eigenvalue weighted by atomic mass is 15.5. The standard InChI is InChI=1S/C13H25N3/c1-4-16-9-5-6-12-11(3)13(12)8-7-10(2)14-15-16/h10-13H,4-9H2,1-3H3/t10?,11?,12-,13+/m1/s1. The third kappa shape index (κ3) is 2.74. The largest absolute Gasteiger partial charge is 0.279 e. The lowest BCUT2D eigenvalue weighted by Crippen LogP contribution is -2.18. The van der Waals surface area contributed by atoms with Crippen LogP contribution < -0.4 is 0 Å². The van der Waals surface area contributed by atoms with Gasteiger partial charge < -0.3 is 0 Å². The predicted octanol–water partition coefficient (Wildman–Crippen LogP) is 3.52. The van der Waals surface area contributed by atoms with E-state index in [-0.39, 0.29) is 0 Å². The third-order valence-electron chi connectivity index (χ3n) is 4.37. The van der Waals surface area contributed by atoms with Crippen LogP contribution in [-0.4, -0.2) is 24.1 Å². The molecule has 1 saturated carbocycles. The molecule has 3 heteroatoms. The monoisotopic (exact) mass is 223 g/mol. The van der Waals surface area contributed by atoms with E-state index in [4.69, 9.17) is 0 Å². The molecule has 2 rings (SSSR count). The Morgan fingerprint density at radius 1 is 1.12 bits per heavy atom. The Labute approximate surface area is 99.3 Å². The molecule has 4 atom stereocenters. The summed E-state index contributed by atoms with van der Waals surface area (Å²) in [5, 5.41) is 10.9. The van der Waals surface area contributed by atoms with Crippen LogP contribution in [-0.2, 0) is 0 Å². The Hall–Kier alpha value is -0.600. The average Bonchev–Trinajstić information content (AvgIpc) is 2.90. The first kappa shape index (κ1) is 11.9. The number of hydrogen-bond donors (Lipinski definition) is 0. The molecule has 0 spiro atoms. The quantitative estimate of drug-likeness (QED) is 0.668. The zero-order valence-corrected chi connectivity index (χ0v) is 10.9. The minimum absolute atomic E-state index is 0.403. The lowest BCUT2D eigenvalue weighted by molar-refractivity contribution is 0.266. The predicted molar refractivity (Wildman–Crippen MR) is 66.2 cm³/mol. The van der Waals surface area contributed by atoms with Crippen molar-refractivity contribution in [2.45, 2.75) is 52.5 Å². The van der Waals surface area contributed by atoms with Crippen LogP contribution in [0.3, 0.4) is 0 Å². The number of hydrogen-bond acceptors (Lipinski definition) is 3. The minimum Gasteiger partial charge on any atom is -0.279 e. The van der Waals surface area contributed by atoms with Crippen molar-refractivity contribution in [2.75, 3.05) is 13.1 Å². The van der Waals surface area contributed by atoms with E-state index in [1.165, 1.54) is 25.7 Å². The van der Waals surface area contributed by atoms with Crippen LogP contribution in [0.5, 0.6) is 0 Å². The normalized spacial score (nSPS) is 40.1. The van der Waals surface area contributed by atoms with Crippen molar-refractivity contribution >= 4 is 0 Å². The summed E-state index contributed by atoms with van der Waals surface area (Å²) in [6, 6.07) is 0.403. The van der Waals surface area contributed by atoms with Crippen LogP contribution in [0.25, 0.3) is 0 Å². The molecule has 0 bridgehead atoms. The summed E-state index contributed by atoms with van der Waals surface area (Å²) >= 11 is 0. The molecular weight excluding hydrogens is 198 g/mol. The molecule has 0 saturated heterocycles. The topological polar surface area (TPSA) is 28.0 Å². The summed E-state index contributed by atoms with van der Waals surface area (Å²) < 4.78 is 0. The van der Waals surface area contributed by atoms with Crippen LogP contribution in [0.4, 0.5) is 0 Å². The lowest BCUT2D eigenvalue weighted by atomic mass is 10.1. The molecule has 2 unspecified atom stereocenters. The molecule has 16 heavy (non-hydrogen) atoms. The lowest BCUT2D eigenvalue weighted by Gasteiger charge is -2.15. The molecule has 1 heterocycles. The fourth-order valence-corrected chi connectivity index (χ4v) is 3.02. The van der Waals surface area contributed by atoms with Gasteiger partial charge in [0.25, 0.3) is 0 Å². The van der Waals surface area contributed by atoms with E-state index in [0.717, 1.165) is 30.8 Å². The SMILES string of the molecule is CCN1CCC[C@@H]2C(C)[C@@H]2CCC(C)N=N1. The summed E-state index contributed by atoms with van der Waals surface area (Å²) in [5.41, 5.74) is 0. The van der Waals surface area contributed by atoms with Gasteiger partial charge in [0.15, 0.2) is 0 Å². The van der Waals surface area contributed by atoms with Gasteiger partial charge in [-0.2, -0.15) is 5.11 Å². The molecule has 1 aliphatic carbocycles. The van der Waals surface area contributed by atoms with E-state index in [1.807, 2.05) is 0 Å². The molecule has 0 radical (unpaired) electrons. The van der Waals surface area contributed by atoms with E-state index in [2.05, 4.69) is 36.1 Å². The van der Waals surface area contributed by atoms with E-state index in [0.29, 0.717) is 6.04 Å². The molecule has 0 aromatic heterocycles. The van der Waals surface area contributed by atoms with Gasteiger partial charge >= 0.3 is 0 Å². The van der Waals surface area contributed by atoms with Gasteiger partial charge in [-0.1, -0.05) is 12.1 Å². The summed E-state index contributed by atoms with van der Waals surface area (Å²) in [4.78, 5) is 0. The summed E-state index contributed by atoms with van der Waals surface area (Å²) in [7, 11) is 0. The maximum atomic E-state index is 4.41. The van der Waals surface area contributed by atoms with E-state index < -0.39 is 0 Å². The molecular formula is C13H25N3. The highest BCUT2D eigenvalue weighted by molar-refractivity contribution is 4.94. The van der Waals surface area contributed by atoms with Crippen molar-refractivity contribution in [1.29, 1.82) is 0 Å². The van der Waals surface area contributed by atoms with Crippen molar-refractivity contribution < 1.29 is 0 Å². The van der Waals surface area contributed by atoms with Gasteiger partial charge in [0.2, 0.25) is 0 Å². The van der Waals surface area contributed by atoms with E-state index in [9.17, 15) is 0 Å². The second-order valence-corrected chi connectivity index (χ2v) is 5.51. The maximum Gasteiger partial charge on any atom is 0.0701 e. The van der Waals surface area contributed by atoms with E-state index >= 15 is 0 Å². The van der Waals surface area contributed by atoms with Crippen LogP contribution in [0, 0.1) is 17.8 Å². The summed E-state index contributed by atoms with van der Waals surface area (Å²) in [5.74, 6) is 2.97. The van der Waals surface area contributed by atoms with Gasteiger partial charge in [-0.05, 0) is 57.3 Å². The van der Waals surface area contributed by atoms with Crippen molar-refractivity contribution in [3.63, 3.8) is 0 Å². The molecule has 0 aromatic carbocycles. The highest BCUT2D eigenvalue weighted by Crippen LogP contribution is 2.51. The van der Waals surface area contributed by atoms with Crippen LogP contribution in [0.15, 0.2) is 10.3 Å². The second kappa shape index (κ2) is 5.15. The Morgan fingerprint density at radius 3 is 2.62 bits per heavy atom. The first-order chi connectivity index (χ1) is 7.72. The number of rotatable bonds is 1. The van der Waals surface area contributed by atoms with Gasteiger partial charge in [-0.25, -0.2) is 0 Å². The Balaban J connectivity index is 1.93. The molecule has 1 fully saturated rings. The molecule has 92 valence electrons. The summed E-state index contributed by atoms with van der Waals surface area (Å²) in [6.07, 6.45) is 5.25. The first-order valence-corrected chi connectivity index (χ1v) is 6.88. The first-order valence-electron chi connectivity index (χ1n) is 6.88. The molecule has 1 aliphatic heterocycles. The van der Waals surface area contributed by atoms with Crippen LogP contribution in [0.2, 0.25) is 0 Å². The second-order valence-electron chi connectivity index (χ2n) is 5.51. The number of nitrogens with zero attached hydrogens (tertiary/aromatic N) is 3. The average molecular weight is 223 g/mol. The van der Waals surface area contributed by atoms with Crippen LogP contribution in [0.1, 0.15) is 46.5 Å². The number of fused-ring (bicyclic) bond motifs is 1. The Bertz CT molecular complexity index is 252. The fourth-order valence-electron chi connectivity index (χ4n) is 3.02. The van der Waals surface area contributed by atoms with E-state index in [1.54, 1.807) is 0 Å². The summed E-state index contributed by atoms with van der Waals surface area (Å²) in [6.45, 7) is 8.84. The van der Waals surface area contributed by atoms with Crippen molar-refractivity contribution in [3.05, 3.63) is 0 Å². The molecule has 0 aromatic rings. The minimum atomic E-state index is 0.403. The zero-order valence-electron chi connectivity index (χ0n) is 10.9. The van der Waals surface area contributed by atoms with Crippen LogP contribution >= 0.6 is 0 Å². The van der Waals surface area contributed by atoms with Gasteiger partial charge in [0, 0.05) is 13.1 Å². The fraction of sp³-hybridized carbons (Fsp3) is 1.00. The zero-order chi connectivity index (χ0) is 11.5. The smallest absolute Gasteiger partial charge is 0.0701 e. The molecule has 0 N–H and O–H groups in total. The van der Waals surface area contributed by atoms with Gasteiger partial charge in [-0.3, -0.25) is 5.01 Å². The highest BCUT2D eigenvalue weighted by Gasteiger charge is 2.45. The third-order valence-corrected chi connectivity index (χ3v) is 4.37. The Kier molecular flexibility index (Phi) is 3.82. The van der Waals surface area contributed by atoms with Crippen molar-refractivity contribution in [2.24, 2.45) is 28.1 Å². The Morgan fingerprint density at radius 2 is 1.88 bits per heavy atom. The van der Waals surface area contributed by atoms with Gasteiger partial charge in [0.05, 0.1) is 6.04 Å². The molecule has 3 nitrogen and oxygen atoms in total. The van der Waals surface area contributed by atoms with Crippen molar-refractivity contribution in [3.8, 4) is 0 Å². The molecule has 0 amide bonds. The van der Waals surface area contributed by atoms with Gasteiger partial charge in [-0.15, -0.1) is 0 Å². The van der Waals surface area contributed by atoms with Crippen molar-refractivity contribution in [1.82, 2.24) is 5.01 Å². The maximum absolute atomic E-state index is 4.41.